The van der Waals surface area contributed by atoms with Crippen LogP contribution in [0.2, 0.25) is 0 Å². The summed E-state index contributed by atoms with van der Waals surface area (Å²) in [5, 5.41) is 10.6. The lowest BCUT2D eigenvalue weighted by atomic mass is 10.1. The number of hydrogen-bond acceptors (Lipinski definition) is 8. The molecule has 33 heavy (non-hydrogen) atoms. The summed E-state index contributed by atoms with van der Waals surface area (Å²) in [6.07, 6.45) is -1.33. The number of hydrogen-bond donors (Lipinski definition) is 1. The average molecular weight is 479 g/mol. The number of alkyl halides is 3. The Morgan fingerprint density at radius 2 is 1.85 bits per heavy atom. The van der Waals surface area contributed by atoms with E-state index in [-0.39, 0.29) is 22.6 Å². The summed E-state index contributed by atoms with van der Waals surface area (Å²) in [5.74, 6) is -0.287. The summed E-state index contributed by atoms with van der Waals surface area (Å²) in [4.78, 5) is 20.6. The van der Waals surface area contributed by atoms with E-state index in [0.29, 0.717) is 24.3 Å². The standard InChI is InChI=1S/C21H21F3N6O2S/c1-29-8-10-30(11-9-29)17-3-2-15(21(22,23)24)12-16(17)26-18(31)13-33-20-28-27-19(32-20)14-4-6-25-7-5-14/h2-7,12H,8-11,13H2,1H3,(H,26,31). The molecule has 1 saturated heterocycles. The quantitative estimate of drug-likeness (QED) is 0.538. The Labute approximate surface area is 192 Å². The summed E-state index contributed by atoms with van der Waals surface area (Å²) in [7, 11) is 1.99. The molecule has 1 N–H and O–H groups in total. The van der Waals surface area contributed by atoms with E-state index in [0.717, 1.165) is 37.0 Å². The van der Waals surface area contributed by atoms with Crippen LogP contribution < -0.4 is 10.2 Å². The number of carbonyl (C=O) groups is 1. The molecule has 1 aromatic carbocycles. The van der Waals surface area contributed by atoms with Gasteiger partial charge in [0, 0.05) is 44.1 Å². The highest BCUT2D eigenvalue weighted by Gasteiger charge is 2.32. The zero-order chi connectivity index (χ0) is 23.4. The number of nitrogens with one attached hydrogen (secondary N) is 1. The van der Waals surface area contributed by atoms with E-state index in [2.05, 4.69) is 25.4 Å². The fraction of sp³-hybridized carbons (Fsp3) is 0.333. The van der Waals surface area contributed by atoms with Crippen LogP contribution in [0, 0.1) is 0 Å². The van der Waals surface area contributed by atoms with Crippen molar-refractivity contribution in [2.24, 2.45) is 0 Å². The van der Waals surface area contributed by atoms with Crippen LogP contribution in [0.15, 0.2) is 52.4 Å². The van der Waals surface area contributed by atoms with E-state index in [4.69, 9.17) is 4.42 Å². The molecule has 12 heteroatoms. The molecular weight excluding hydrogens is 457 g/mol. The van der Waals surface area contributed by atoms with Crippen molar-refractivity contribution in [3.8, 4) is 11.5 Å². The van der Waals surface area contributed by atoms with Gasteiger partial charge >= 0.3 is 6.18 Å². The molecule has 0 atom stereocenters. The third-order valence-electron chi connectivity index (χ3n) is 5.10. The molecule has 1 aliphatic heterocycles. The van der Waals surface area contributed by atoms with Crippen molar-refractivity contribution in [3.05, 3.63) is 48.3 Å². The van der Waals surface area contributed by atoms with Gasteiger partial charge in [-0.2, -0.15) is 13.2 Å². The highest BCUT2D eigenvalue weighted by atomic mass is 32.2. The van der Waals surface area contributed by atoms with E-state index in [1.54, 1.807) is 24.5 Å². The van der Waals surface area contributed by atoms with Gasteiger partial charge in [0.05, 0.1) is 22.7 Å². The molecule has 1 amide bonds. The number of amides is 1. The lowest BCUT2D eigenvalue weighted by molar-refractivity contribution is -0.137. The first-order valence-corrected chi connectivity index (χ1v) is 11.1. The minimum atomic E-state index is -4.51. The van der Waals surface area contributed by atoms with Gasteiger partial charge in [0.2, 0.25) is 11.8 Å². The third kappa shape index (κ3) is 5.82. The molecule has 3 heterocycles. The molecule has 1 aliphatic rings. The number of aromatic nitrogens is 3. The number of rotatable bonds is 6. The van der Waals surface area contributed by atoms with E-state index < -0.39 is 17.6 Å². The second kappa shape index (κ2) is 9.79. The number of nitrogens with zero attached hydrogens (tertiary/aromatic N) is 5. The van der Waals surface area contributed by atoms with Crippen LogP contribution in [-0.2, 0) is 11.0 Å². The molecular formula is C21H21F3N6O2S. The molecule has 0 spiro atoms. The Bertz CT molecular complexity index is 1100. The Morgan fingerprint density at radius 1 is 1.12 bits per heavy atom. The molecule has 0 bridgehead atoms. The Hall–Kier alpha value is -3.12. The van der Waals surface area contributed by atoms with Gasteiger partial charge in [-0.15, -0.1) is 10.2 Å². The molecule has 1 fully saturated rings. The van der Waals surface area contributed by atoms with Gasteiger partial charge in [0.25, 0.3) is 5.22 Å². The summed E-state index contributed by atoms with van der Waals surface area (Å²) >= 11 is 1.00. The van der Waals surface area contributed by atoms with E-state index >= 15 is 0 Å². The van der Waals surface area contributed by atoms with Gasteiger partial charge in [0.15, 0.2) is 0 Å². The van der Waals surface area contributed by atoms with Gasteiger partial charge in [-0.05, 0) is 37.4 Å². The number of carbonyl (C=O) groups excluding carboxylic acids is 1. The second-order valence-electron chi connectivity index (χ2n) is 7.47. The van der Waals surface area contributed by atoms with Crippen molar-refractivity contribution < 1.29 is 22.4 Å². The maximum atomic E-state index is 13.3. The Kier molecular flexibility index (Phi) is 6.84. The van der Waals surface area contributed by atoms with E-state index in [1.165, 1.54) is 6.07 Å². The van der Waals surface area contributed by atoms with Gasteiger partial charge in [0.1, 0.15) is 0 Å². The molecule has 8 nitrogen and oxygen atoms in total. The monoisotopic (exact) mass is 478 g/mol. The van der Waals surface area contributed by atoms with Crippen LogP contribution in [0.3, 0.4) is 0 Å². The third-order valence-corrected chi connectivity index (χ3v) is 5.92. The van der Waals surface area contributed by atoms with E-state index in [9.17, 15) is 18.0 Å². The second-order valence-corrected chi connectivity index (χ2v) is 8.39. The van der Waals surface area contributed by atoms with Crippen LogP contribution in [0.5, 0.6) is 0 Å². The van der Waals surface area contributed by atoms with Crippen molar-refractivity contribution in [2.45, 2.75) is 11.4 Å². The molecule has 174 valence electrons. The lowest BCUT2D eigenvalue weighted by Crippen LogP contribution is -2.44. The smallest absolute Gasteiger partial charge is 0.411 e. The number of thioether (sulfide) groups is 1. The van der Waals surface area contributed by atoms with Crippen molar-refractivity contribution in [3.63, 3.8) is 0 Å². The van der Waals surface area contributed by atoms with Crippen LogP contribution in [0.4, 0.5) is 24.5 Å². The summed E-state index contributed by atoms with van der Waals surface area (Å²) < 4.78 is 45.4. The molecule has 0 unspecified atom stereocenters. The van der Waals surface area contributed by atoms with Crippen LogP contribution in [-0.4, -0.2) is 65.0 Å². The molecule has 0 saturated carbocycles. The zero-order valence-electron chi connectivity index (χ0n) is 17.7. The highest BCUT2D eigenvalue weighted by molar-refractivity contribution is 7.99. The maximum absolute atomic E-state index is 13.3. The largest absolute Gasteiger partial charge is 0.416 e. The predicted molar refractivity (Wildman–Crippen MR) is 118 cm³/mol. The minimum absolute atomic E-state index is 0.101. The number of halogens is 3. The summed E-state index contributed by atoms with van der Waals surface area (Å²) in [6, 6.07) is 6.85. The normalized spacial score (nSPS) is 15.0. The van der Waals surface area contributed by atoms with Crippen LogP contribution in [0.25, 0.3) is 11.5 Å². The first-order valence-electron chi connectivity index (χ1n) is 10.1. The van der Waals surface area contributed by atoms with Gasteiger partial charge in [-0.3, -0.25) is 9.78 Å². The van der Waals surface area contributed by atoms with Crippen molar-refractivity contribution >= 4 is 29.0 Å². The summed E-state index contributed by atoms with van der Waals surface area (Å²) in [5.41, 5.74) is 0.562. The molecule has 3 aromatic rings. The molecule has 4 rings (SSSR count). The topological polar surface area (TPSA) is 87.4 Å². The van der Waals surface area contributed by atoms with Crippen LogP contribution in [0.1, 0.15) is 5.56 Å². The lowest BCUT2D eigenvalue weighted by Gasteiger charge is -2.35. The molecule has 0 radical (unpaired) electrons. The van der Waals surface area contributed by atoms with E-state index in [1.807, 2.05) is 11.9 Å². The van der Waals surface area contributed by atoms with Crippen molar-refractivity contribution in [2.75, 3.05) is 49.2 Å². The number of benzene rings is 1. The van der Waals surface area contributed by atoms with Crippen LogP contribution >= 0.6 is 11.8 Å². The minimum Gasteiger partial charge on any atom is -0.411 e. The average Bonchev–Trinajstić information content (AvgIpc) is 3.28. The first kappa shape index (κ1) is 23.1. The van der Waals surface area contributed by atoms with Crippen molar-refractivity contribution in [1.29, 1.82) is 0 Å². The fourth-order valence-electron chi connectivity index (χ4n) is 3.33. The zero-order valence-corrected chi connectivity index (χ0v) is 18.5. The van der Waals surface area contributed by atoms with Gasteiger partial charge in [-0.1, -0.05) is 11.8 Å². The van der Waals surface area contributed by atoms with Crippen molar-refractivity contribution in [1.82, 2.24) is 20.1 Å². The SMILES string of the molecule is CN1CCN(c2ccc(C(F)(F)F)cc2NC(=O)CSc2nnc(-c3ccncc3)o2)CC1. The number of likely N-dealkylation sites (N-methyl/N-ethyl adjacent to an activating group) is 1. The highest BCUT2D eigenvalue weighted by Crippen LogP contribution is 2.36. The molecule has 2 aromatic heterocycles. The van der Waals surface area contributed by atoms with Gasteiger partial charge in [-0.25, -0.2) is 0 Å². The first-order chi connectivity index (χ1) is 15.8. The Balaban J connectivity index is 1.45. The number of anilines is 2. The number of pyridine rings is 1. The Morgan fingerprint density at radius 3 is 2.55 bits per heavy atom. The fourth-order valence-corrected chi connectivity index (χ4v) is 3.89. The summed E-state index contributed by atoms with van der Waals surface area (Å²) in [6.45, 7) is 2.86. The number of piperazine rings is 1. The predicted octanol–water partition coefficient (Wildman–Crippen LogP) is 3.63. The molecule has 0 aliphatic carbocycles. The van der Waals surface area contributed by atoms with Gasteiger partial charge < -0.3 is 19.5 Å². The maximum Gasteiger partial charge on any atom is 0.416 e.